The van der Waals surface area contributed by atoms with Gasteiger partial charge in [-0.2, -0.15) is 9.30 Å². The van der Waals surface area contributed by atoms with Crippen LogP contribution in [0.1, 0.15) is 36.0 Å². The van der Waals surface area contributed by atoms with Crippen LogP contribution in [0.15, 0.2) is 58.4 Å². The highest BCUT2D eigenvalue weighted by molar-refractivity contribution is 7.89. The second kappa shape index (κ2) is 10.1. The molecule has 1 aromatic heterocycles. The molecule has 0 radical (unpaired) electrons. The minimum absolute atomic E-state index is 0.216. The molecule has 0 atom stereocenters. The van der Waals surface area contributed by atoms with Gasteiger partial charge in [0, 0.05) is 32.3 Å². The van der Waals surface area contributed by atoms with Crippen LogP contribution >= 0.6 is 11.3 Å². The average Bonchev–Trinajstić information content (AvgIpc) is 2.95. The third kappa shape index (κ3) is 4.85. The minimum atomic E-state index is -3.55. The Balaban J connectivity index is 1.61. The summed E-state index contributed by atoms with van der Waals surface area (Å²) in [6.07, 6.45) is 3.88. The third-order valence-corrected chi connectivity index (χ3v) is 8.58. The van der Waals surface area contributed by atoms with E-state index in [1.807, 2.05) is 28.8 Å². The lowest BCUT2D eigenvalue weighted by atomic mass is 10.2. The van der Waals surface area contributed by atoms with Gasteiger partial charge < -0.3 is 9.30 Å². The monoisotopic (exact) mass is 473 g/mol. The van der Waals surface area contributed by atoms with E-state index in [1.54, 1.807) is 23.5 Å². The Kier molecular flexibility index (Phi) is 7.20. The van der Waals surface area contributed by atoms with E-state index in [0.29, 0.717) is 36.6 Å². The second-order valence-corrected chi connectivity index (χ2v) is 10.7. The van der Waals surface area contributed by atoms with E-state index >= 15 is 0 Å². The molecule has 0 unspecified atom stereocenters. The Labute approximate surface area is 192 Å². The highest BCUT2D eigenvalue weighted by atomic mass is 32.2. The molecule has 1 amide bonds. The van der Waals surface area contributed by atoms with E-state index < -0.39 is 15.9 Å². The summed E-state index contributed by atoms with van der Waals surface area (Å²) >= 11 is 1.44. The summed E-state index contributed by atoms with van der Waals surface area (Å²) in [6, 6.07) is 14.0. The molecule has 1 fully saturated rings. The number of fused-ring (bicyclic) bond motifs is 1. The molecule has 1 aliphatic rings. The number of carbonyl (C=O) groups excluding carboxylic acids is 1. The van der Waals surface area contributed by atoms with E-state index in [-0.39, 0.29) is 4.90 Å². The quantitative estimate of drug-likeness (QED) is 0.547. The van der Waals surface area contributed by atoms with Gasteiger partial charge in [0.1, 0.15) is 0 Å². The van der Waals surface area contributed by atoms with Crippen molar-refractivity contribution < 1.29 is 17.9 Å². The first-order valence-electron chi connectivity index (χ1n) is 10.8. The predicted octanol–water partition coefficient (Wildman–Crippen LogP) is 3.66. The zero-order valence-electron chi connectivity index (χ0n) is 18.1. The fourth-order valence-electron chi connectivity index (χ4n) is 3.86. The summed E-state index contributed by atoms with van der Waals surface area (Å²) in [5.41, 5.74) is 1.36. The normalized spacial score (nSPS) is 16.3. The number of methoxy groups -OCH3 is 1. The van der Waals surface area contributed by atoms with E-state index in [4.69, 9.17) is 4.74 Å². The van der Waals surface area contributed by atoms with Crippen LogP contribution in [0.5, 0.6) is 0 Å². The summed E-state index contributed by atoms with van der Waals surface area (Å²) in [4.78, 5) is 18.0. The predicted molar refractivity (Wildman–Crippen MR) is 125 cm³/mol. The van der Waals surface area contributed by atoms with Crippen LogP contribution in [0, 0.1) is 0 Å². The maximum absolute atomic E-state index is 13.0. The van der Waals surface area contributed by atoms with Crippen molar-refractivity contribution in [2.45, 2.75) is 37.1 Å². The molecule has 2 aromatic carbocycles. The van der Waals surface area contributed by atoms with Gasteiger partial charge in [0.05, 0.1) is 21.7 Å². The molecular formula is C23H27N3O4S2. The van der Waals surface area contributed by atoms with Crippen molar-refractivity contribution in [2.75, 3.05) is 26.8 Å². The largest absolute Gasteiger partial charge is 0.383 e. The topological polar surface area (TPSA) is 81.0 Å². The van der Waals surface area contributed by atoms with Gasteiger partial charge in [0.2, 0.25) is 10.0 Å². The van der Waals surface area contributed by atoms with E-state index in [2.05, 4.69) is 4.99 Å². The molecule has 1 aliphatic heterocycles. The van der Waals surface area contributed by atoms with Crippen molar-refractivity contribution in [1.82, 2.24) is 8.87 Å². The number of carbonyl (C=O) groups is 1. The number of amides is 1. The van der Waals surface area contributed by atoms with Gasteiger partial charge in [-0.1, -0.05) is 36.3 Å². The standard InChI is InChI=1S/C23H27N3O4S2/c1-30-17-16-26-20-8-4-5-9-21(20)31-23(26)24-22(27)18-10-12-19(13-11-18)32(28,29)25-14-6-2-3-7-15-25/h4-5,8-13H,2-3,6-7,14-17H2,1H3. The van der Waals surface area contributed by atoms with Crippen LogP contribution in [0.3, 0.4) is 0 Å². The second-order valence-electron chi connectivity index (χ2n) is 7.76. The van der Waals surface area contributed by atoms with Gasteiger partial charge in [0.15, 0.2) is 4.80 Å². The first-order chi connectivity index (χ1) is 15.5. The fraction of sp³-hybridized carbons (Fsp3) is 0.391. The van der Waals surface area contributed by atoms with Crippen molar-refractivity contribution in [3.63, 3.8) is 0 Å². The van der Waals surface area contributed by atoms with Crippen molar-refractivity contribution in [3.05, 3.63) is 58.9 Å². The summed E-state index contributed by atoms with van der Waals surface area (Å²) in [5, 5.41) is 0. The molecule has 4 rings (SSSR count). The van der Waals surface area contributed by atoms with Crippen LogP contribution in [0.4, 0.5) is 0 Å². The van der Waals surface area contributed by atoms with Crippen LogP contribution < -0.4 is 4.80 Å². The lowest BCUT2D eigenvalue weighted by Gasteiger charge is -2.19. The molecule has 1 saturated heterocycles. The number of para-hydroxylation sites is 1. The van der Waals surface area contributed by atoms with Crippen LogP contribution in [0.2, 0.25) is 0 Å². The van der Waals surface area contributed by atoms with Gasteiger partial charge >= 0.3 is 0 Å². The maximum atomic E-state index is 13.0. The number of hydrogen-bond donors (Lipinski definition) is 0. The van der Waals surface area contributed by atoms with Crippen molar-refractivity contribution in [2.24, 2.45) is 4.99 Å². The summed E-state index contributed by atoms with van der Waals surface area (Å²) in [6.45, 7) is 2.18. The molecular weight excluding hydrogens is 446 g/mol. The molecule has 3 aromatic rings. The number of thiazole rings is 1. The molecule has 0 aliphatic carbocycles. The zero-order valence-corrected chi connectivity index (χ0v) is 19.7. The lowest BCUT2D eigenvalue weighted by molar-refractivity contribution is 0.0997. The SMILES string of the molecule is COCCn1c(=NC(=O)c2ccc(S(=O)(=O)N3CCCCCC3)cc2)sc2ccccc21. The van der Waals surface area contributed by atoms with Crippen LogP contribution in [-0.2, 0) is 21.3 Å². The summed E-state index contributed by atoms with van der Waals surface area (Å²) < 4.78 is 35.7. The van der Waals surface area contributed by atoms with Crippen molar-refractivity contribution >= 4 is 37.5 Å². The van der Waals surface area contributed by atoms with Gasteiger partial charge in [-0.25, -0.2) is 8.42 Å². The first kappa shape index (κ1) is 22.8. The highest BCUT2D eigenvalue weighted by Gasteiger charge is 2.25. The van der Waals surface area contributed by atoms with E-state index in [1.165, 1.54) is 23.5 Å². The Morgan fingerprint density at radius 3 is 2.41 bits per heavy atom. The number of benzene rings is 2. The summed E-state index contributed by atoms with van der Waals surface area (Å²) in [7, 11) is -1.91. The van der Waals surface area contributed by atoms with Gasteiger partial charge in [-0.3, -0.25) is 4.79 Å². The Morgan fingerprint density at radius 1 is 1.03 bits per heavy atom. The molecule has 0 N–H and O–H groups in total. The van der Waals surface area contributed by atoms with E-state index in [0.717, 1.165) is 35.9 Å². The molecule has 9 heteroatoms. The van der Waals surface area contributed by atoms with Gasteiger partial charge in [-0.05, 0) is 49.2 Å². The van der Waals surface area contributed by atoms with Crippen molar-refractivity contribution in [3.8, 4) is 0 Å². The number of nitrogens with zero attached hydrogens (tertiary/aromatic N) is 3. The number of rotatable bonds is 6. The smallest absolute Gasteiger partial charge is 0.279 e. The zero-order chi connectivity index (χ0) is 22.6. The lowest BCUT2D eigenvalue weighted by Crippen LogP contribution is -2.31. The number of hydrogen-bond acceptors (Lipinski definition) is 5. The average molecular weight is 474 g/mol. The molecule has 0 bridgehead atoms. The molecule has 7 nitrogen and oxygen atoms in total. The molecule has 170 valence electrons. The van der Waals surface area contributed by atoms with Gasteiger partial charge in [0.25, 0.3) is 5.91 Å². The molecule has 0 saturated carbocycles. The Morgan fingerprint density at radius 2 is 1.72 bits per heavy atom. The molecule has 2 heterocycles. The number of ether oxygens (including phenoxy) is 1. The molecule has 0 spiro atoms. The van der Waals surface area contributed by atoms with Gasteiger partial charge in [-0.15, -0.1) is 0 Å². The maximum Gasteiger partial charge on any atom is 0.279 e. The van der Waals surface area contributed by atoms with Crippen LogP contribution in [0.25, 0.3) is 10.2 Å². The third-order valence-electron chi connectivity index (χ3n) is 5.61. The first-order valence-corrected chi connectivity index (χ1v) is 13.0. The Hall–Kier alpha value is -2.33. The minimum Gasteiger partial charge on any atom is -0.383 e. The molecule has 32 heavy (non-hydrogen) atoms. The summed E-state index contributed by atoms with van der Waals surface area (Å²) in [5.74, 6) is -0.401. The van der Waals surface area contributed by atoms with E-state index in [9.17, 15) is 13.2 Å². The highest BCUT2D eigenvalue weighted by Crippen LogP contribution is 2.21. The number of aromatic nitrogens is 1. The van der Waals surface area contributed by atoms with Crippen LogP contribution in [-0.4, -0.2) is 50.0 Å². The number of sulfonamides is 1. The Bertz CT molecular complexity index is 1250. The van der Waals surface area contributed by atoms with Crippen molar-refractivity contribution in [1.29, 1.82) is 0 Å². The fourth-order valence-corrected chi connectivity index (χ4v) is 6.43.